The number of benzene rings is 1. The fourth-order valence-electron chi connectivity index (χ4n) is 2.11. The molecule has 1 saturated heterocycles. The molecule has 3 heteroatoms. The molecule has 0 radical (unpaired) electrons. The van der Waals surface area contributed by atoms with Crippen molar-refractivity contribution >= 4 is 15.9 Å². The van der Waals surface area contributed by atoms with E-state index in [-0.39, 0.29) is 0 Å². The molecule has 2 rings (SSSR count). The van der Waals surface area contributed by atoms with Crippen LogP contribution in [0, 0.1) is 0 Å². The van der Waals surface area contributed by atoms with Gasteiger partial charge in [0.2, 0.25) is 0 Å². The summed E-state index contributed by atoms with van der Waals surface area (Å²) in [5.41, 5.74) is 1.37. The van der Waals surface area contributed by atoms with Crippen LogP contribution < -0.4 is 5.32 Å². The van der Waals surface area contributed by atoms with E-state index in [1.165, 1.54) is 5.56 Å². The van der Waals surface area contributed by atoms with Gasteiger partial charge in [-0.1, -0.05) is 52.8 Å². The second-order valence-electron chi connectivity index (χ2n) is 4.17. The van der Waals surface area contributed by atoms with Crippen LogP contribution in [0.1, 0.15) is 11.6 Å². The quantitative estimate of drug-likeness (QED) is 0.916. The van der Waals surface area contributed by atoms with Crippen molar-refractivity contribution in [2.45, 2.75) is 6.04 Å². The molecule has 0 aliphatic carbocycles. The molecule has 0 amide bonds. The number of rotatable bonds is 3. The Morgan fingerprint density at radius 1 is 1.44 bits per heavy atom. The highest BCUT2D eigenvalue weighted by Crippen LogP contribution is 2.18. The lowest BCUT2D eigenvalue weighted by Gasteiger charge is -2.33. The first-order valence-electron chi connectivity index (χ1n) is 5.59. The molecule has 1 aromatic rings. The third-order valence-corrected chi connectivity index (χ3v) is 3.11. The normalized spacial score (nSPS) is 21.9. The number of piperazine rings is 1. The molecule has 1 atom stereocenters. The highest BCUT2D eigenvalue weighted by atomic mass is 79.9. The van der Waals surface area contributed by atoms with Gasteiger partial charge in [-0.15, -0.1) is 0 Å². The number of hydrogen-bond donors (Lipinski definition) is 1. The maximum atomic E-state index is 3.90. The first-order chi connectivity index (χ1) is 7.75. The largest absolute Gasteiger partial charge is 0.308 e. The molecule has 1 aliphatic rings. The zero-order chi connectivity index (χ0) is 11.4. The molecule has 0 spiro atoms. The van der Waals surface area contributed by atoms with Crippen LogP contribution in [0.25, 0.3) is 0 Å². The summed E-state index contributed by atoms with van der Waals surface area (Å²) in [6.45, 7) is 8.02. The van der Waals surface area contributed by atoms with Crippen LogP contribution in [0.4, 0.5) is 0 Å². The van der Waals surface area contributed by atoms with Crippen molar-refractivity contribution in [2.75, 3.05) is 26.2 Å². The minimum absolute atomic E-state index is 0.446. The van der Waals surface area contributed by atoms with Crippen LogP contribution in [-0.2, 0) is 0 Å². The predicted molar refractivity (Wildman–Crippen MR) is 71.7 cm³/mol. The monoisotopic (exact) mass is 280 g/mol. The minimum atomic E-state index is 0.446. The molecule has 1 aromatic carbocycles. The molecule has 0 bridgehead atoms. The number of hydrogen-bond acceptors (Lipinski definition) is 2. The van der Waals surface area contributed by atoms with Crippen molar-refractivity contribution in [3.8, 4) is 0 Å². The van der Waals surface area contributed by atoms with Crippen LogP contribution in [0.2, 0.25) is 0 Å². The molecule has 1 N–H and O–H groups in total. The lowest BCUT2D eigenvalue weighted by Crippen LogP contribution is -2.46. The molecule has 2 nitrogen and oxygen atoms in total. The summed E-state index contributed by atoms with van der Waals surface area (Å²) in [6.07, 6.45) is 0. The van der Waals surface area contributed by atoms with E-state index < -0.39 is 0 Å². The van der Waals surface area contributed by atoms with Gasteiger partial charge in [0.05, 0.1) is 0 Å². The highest BCUT2D eigenvalue weighted by Gasteiger charge is 2.20. The summed E-state index contributed by atoms with van der Waals surface area (Å²) in [6, 6.07) is 11.1. The summed E-state index contributed by atoms with van der Waals surface area (Å²) in [5.74, 6) is 0. The fraction of sp³-hybridized carbons (Fsp3) is 0.385. The second kappa shape index (κ2) is 5.62. The van der Waals surface area contributed by atoms with Crippen LogP contribution in [0.15, 0.2) is 41.4 Å². The predicted octanol–water partition coefficient (Wildman–Crippen LogP) is 2.54. The van der Waals surface area contributed by atoms with Gasteiger partial charge in [0.25, 0.3) is 0 Å². The van der Waals surface area contributed by atoms with E-state index in [2.05, 4.69) is 63.1 Å². The Balaban J connectivity index is 1.99. The van der Waals surface area contributed by atoms with Crippen LogP contribution in [-0.4, -0.2) is 31.1 Å². The van der Waals surface area contributed by atoms with E-state index in [4.69, 9.17) is 0 Å². The van der Waals surface area contributed by atoms with Crippen molar-refractivity contribution in [3.63, 3.8) is 0 Å². The van der Waals surface area contributed by atoms with Gasteiger partial charge in [-0.05, 0) is 5.56 Å². The highest BCUT2D eigenvalue weighted by molar-refractivity contribution is 9.11. The molecule has 1 heterocycles. The zero-order valence-corrected chi connectivity index (χ0v) is 10.9. The van der Waals surface area contributed by atoms with Gasteiger partial charge in [0.1, 0.15) is 0 Å². The van der Waals surface area contributed by atoms with Gasteiger partial charge in [0, 0.05) is 36.7 Å². The van der Waals surface area contributed by atoms with E-state index in [0.29, 0.717) is 6.04 Å². The number of nitrogens with one attached hydrogen (secondary N) is 1. The van der Waals surface area contributed by atoms with Crippen LogP contribution >= 0.6 is 15.9 Å². The third kappa shape index (κ3) is 3.17. The third-order valence-electron chi connectivity index (χ3n) is 2.86. The van der Waals surface area contributed by atoms with E-state index >= 15 is 0 Å². The molecule has 16 heavy (non-hydrogen) atoms. The molecule has 0 aromatic heterocycles. The summed E-state index contributed by atoms with van der Waals surface area (Å²) >= 11 is 3.43. The van der Waals surface area contributed by atoms with Crippen LogP contribution in [0.3, 0.4) is 0 Å². The minimum Gasteiger partial charge on any atom is -0.308 e. The summed E-state index contributed by atoms with van der Waals surface area (Å²) < 4.78 is 1.06. The Labute approximate surface area is 105 Å². The maximum Gasteiger partial charge on any atom is 0.0449 e. The molecular weight excluding hydrogens is 264 g/mol. The van der Waals surface area contributed by atoms with Crippen LogP contribution in [0.5, 0.6) is 0 Å². The van der Waals surface area contributed by atoms with Gasteiger partial charge in [0.15, 0.2) is 0 Å². The Kier molecular flexibility index (Phi) is 4.16. The zero-order valence-electron chi connectivity index (χ0n) is 9.32. The molecular formula is C13H17BrN2. The van der Waals surface area contributed by atoms with Gasteiger partial charge in [-0.2, -0.15) is 0 Å². The summed E-state index contributed by atoms with van der Waals surface area (Å²) in [7, 11) is 0. The lowest BCUT2D eigenvalue weighted by atomic mass is 10.0. The van der Waals surface area contributed by atoms with Gasteiger partial charge in [-0.25, -0.2) is 0 Å². The van der Waals surface area contributed by atoms with Crippen molar-refractivity contribution in [1.29, 1.82) is 0 Å². The van der Waals surface area contributed by atoms with E-state index in [1.807, 2.05) is 0 Å². The Morgan fingerprint density at radius 3 is 2.88 bits per heavy atom. The first kappa shape index (κ1) is 11.8. The van der Waals surface area contributed by atoms with E-state index in [0.717, 1.165) is 30.7 Å². The smallest absolute Gasteiger partial charge is 0.0449 e. The fourth-order valence-corrected chi connectivity index (χ4v) is 2.46. The SMILES string of the molecule is C=C(Br)CN1CCNC(c2ccccc2)C1. The van der Waals surface area contributed by atoms with Gasteiger partial charge >= 0.3 is 0 Å². The Hall–Kier alpha value is -0.640. The van der Waals surface area contributed by atoms with Crippen molar-refractivity contribution < 1.29 is 0 Å². The first-order valence-corrected chi connectivity index (χ1v) is 6.39. The number of halogens is 1. The molecule has 1 fully saturated rings. The molecule has 0 saturated carbocycles. The molecule has 86 valence electrons. The molecule has 1 aliphatic heterocycles. The topological polar surface area (TPSA) is 15.3 Å². The van der Waals surface area contributed by atoms with E-state index in [1.54, 1.807) is 0 Å². The summed E-state index contributed by atoms with van der Waals surface area (Å²) in [4.78, 5) is 2.42. The lowest BCUT2D eigenvalue weighted by molar-refractivity contribution is 0.219. The average Bonchev–Trinajstić information content (AvgIpc) is 2.30. The Morgan fingerprint density at radius 2 is 2.19 bits per heavy atom. The number of nitrogens with zero attached hydrogens (tertiary/aromatic N) is 1. The van der Waals surface area contributed by atoms with Gasteiger partial charge < -0.3 is 5.32 Å². The van der Waals surface area contributed by atoms with Crippen molar-refractivity contribution in [2.24, 2.45) is 0 Å². The van der Waals surface area contributed by atoms with Crippen molar-refractivity contribution in [3.05, 3.63) is 47.0 Å². The Bertz CT molecular complexity index is 350. The second-order valence-corrected chi connectivity index (χ2v) is 5.29. The average molecular weight is 281 g/mol. The maximum absolute atomic E-state index is 3.90. The standard InChI is InChI=1S/C13H17BrN2/c1-11(14)9-16-8-7-15-13(10-16)12-5-3-2-4-6-12/h2-6,13,15H,1,7-10H2. The summed E-state index contributed by atoms with van der Waals surface area (Å²) in [5, 5.41) is 3.55. The van der Waals surface area contributed by atoms with Gasteiger partial charge in [-0.3, -0.25) is 4.90 Å². The van der Waals surface area contributed by atoms with Crippen molar-refractivity contribution in [1.82, 2.24) is 10.2 Å². The van der Waals surface area contributed by atoms with E-state index in [9.17, 15) is 0 Å². The molecule has 1 unspecified atom stereocenters.